The molecule has 0 spiro atoms. The Kier molecular flexibility index (Phi) is 6.71. The number of hydrogen-bond acceptors (Lipinski definition) is 1. The number of carbonyl (C=O) groups excluding carboxylic acids is 1. The van der Waals surface area contributed by atoms with Gasteiger partial charge in [-0.15, -0.1) is 0 Å². The molecular formula is C14H26O. The van der Waals surface area contributed by atoms with Gasteiger partial charge in [0.25, 0.3) is 0 Å². The number of hydrogen-bond donors (Lipinski definition) is 0. The largest absolute Gasteiger partial charge is 0.300 e. The van der Waals surface area contributed by atoms with Crippen molar-refractivity contribution in [3.8, 4) is 0 Å². The van der Waals surface area contributed by atoms with Crippen molar-refractivity contribution in [2.45, 2.75) is 77.6 Å². The molecular weight excluding hydrogens is 184 g/mol. The van der Waals surface area contributed by atoms with Crippen LogP contribution in [0.3, 0.4) is 0 Å². The monoisotopic (exact) mass is 210 g/mol. The number of Topliss-reactive ketones (excluding diaryl/α,β-unsaturated/α-hetero) is 1. The normalized spacial score (nSPS) is 17.1. The Morgan fingerprint density at radius 3 is 2.47 bits per heavy atom. The van der Waals surface area contributed by atoms with E-state index in [1.165, 1.54) is 51.4 Å². The lowest BCUT2D eigenvalue weighted by atomic mass is 9.98. The fraction of sp³-hybridized carbons (Fsp3) is 0.929. The zero-order valence-electron chi connectivity index (χ0n) is 10.3. The summed E-state index contributed by atoms with van der Waals surface area (Å²) in [7, 11) is 0. The molecule has 0 unspecified atom stereocenters. The highest BCUT2D eigenvalue weighted by Crippen LogP contribution is 2.28. The first kappa shape index (κ1) is 12.7. The lowest BCUT2D eigenvalue weighted by Gasteiger charge is -2.07. The Morgan fingerprint density at radius 2 is 1.80 bits per heavy atom. The molecule has 1 heteroatoms. The van der Waals surface area contributed by atoms with E-state index in [1.54, 1.807) is 0 Å². The van der Waals surface area contributed by atoms with E-state index in [1.807, 2.05) is 0 Å². The van der Waals surface area contributed by atoms with Gasteiger partial charge >= 0.3 is 0 Å². The third-order valence-corrected chi connectivity index (χ3v) is 3.62. The summed E-state index contributed by atoms with van der Waals surface area (Å²) in [5.41, 5.74) is 0. The van der Waals surface area contributed by atoms with Gasteiger partial charge < -0.3 is 0 Å². The van der Waals surface area contributed by atoms with E-state index in [0.717, 1.165) is 25.2 Å². The van der Waals surface area contributed by atoms with E-state index in [2.05, 4.69) is 6.92 Å². The number of rotatable bonds is 8. The molecule has 88 valence electrons. The minimum atomic E-state index is 0.512. The smallest absolute Gasteiger partial charge is 0.132 e. The SMILES string of the molecule is CCCCCCC(=O)CCC1CCCC1. The van der Waals surface area contributed by atoms with Gasteiger partial charge in [0, 0.05) is 12.8 Å². The topological polar surface area (TPSA) is 17.1 Å². The summed E-state index contributed by atoms with van der Waals surface area (Å²) in [5, 5.41) is 0. The average Bonchev–Trinajstić information content (AvgIpc) is 2.74. The van der Waals surface area contributed by atoms with Crippen LogP contribution in [-0.4, -0.2) is 5.78 Å². The van der Waals surface area contributed by atoms with Gasteiger partial charge in [0.1, 0.15) is 5.78 Å². The molecule has 0 N–H and O–H groups in total. The molecule has 0 atom stereocenters. The van der Waals surface area contributed by atoms with Crippen LogP contribution in [0.15, 0.2) is 0 Å². The fourth-order valence-electron chi connectivity index (χ4n) is 2.54. The molecule has 1 aliphatic rings. The van der Waals surface area contributed by atoms with Crippen molar-refractivity contribution in [2.75, 3.05) is 0 Å². The third kappa shape index (κ3) is 5.96. The van der Waals surface area contributed by atoms with Gasteiger partial charge in [-0.05, 0) is 18.8 Å². The Balaban J connectivity index is 1.93. The zero-order valence-corrected chi connectivity index (χ0v) is 10.3. The van der Waals surface area contributed by atoms with Crippen molar-refractivity contribution in [3.63, 3.8) is 0 Å². The van der Waals surface area contributed by atoms with E-state index in [0.29, 0.717) is 5.78 Å². The molecule has 0 saturated heterocycles. The quantitative estimate of drug-likeness (QED) is 0.539. The number of unbranched alkanes of at least 4 members (excludes halogenated alkanes) is 3. The Hall–Kier alpha value is -0.330. The van der Waals surface area contributed by atoms with Crippen molar-refractivity contribution in [3.05, 3.63) is 0 Å². The zero-order chi connectivity index (χ0) is 10.9. The molecule has 1 rings (SSSR count). The van der Waals surface area contributed by atoms with Gasteiger partial charge in [0.2, 0.25) is 0 Å². The van der Waals surface area contributed by atoms with Crippen LogP contribution in [0.5, 0.6) is 0 Å². The maximum atomic E-state index is 11.6. The van der Waals surface area contributed by atoms with Gasteiger partial charge in [0.05, 0.1) is 0 Å². The lowest BCUT2D eigenvalue weighted by Crippen LogP contribution is -2.02. The summed E-state index contributed by atoms with van der Waals surface area (Å²) < 4.78 is 0. The molecule has 0 heterocycles. The molecule has 1 saturated carbocycles. The van der Waals surface area contributed by atoms with Crippen LogP contribution in [0.4, 0.5) is 0 Å². The van der Waals surface area contributed by atoms with Gasteiger partial charge in [-0.25, -0.2) is 0 Å². The van der Waals surface area contributed by atoms with Crippen LogP contribution < -0.4 is 0 Å². The molecule has 0 aromatic rings. The second-order valence-electron chi connectivity index (χ2n) is 5.04. The molecule has 0 aromatic heterocycles. The molecule has 1 fully saturated rings. The predicted molar refractivity (Wildman–Crippen MR) is 65.0 cm³/mol. The van der Waals surface area contributed by atoms with Crippen LogP contribution in [0.1, 0.15) is 77.6 Å². The summed E-state index contributed by atoms with van der Waals surface area (Å²) in [5.74, 6) is 1.39. The van der Waals surface area contributed by atoms with Crippen LogP contribution in [0.2, 0.25) is 0 Å². The second kappa shape index (κ2) is 7.90. The highest BCUT2D eigenvalue weighted by molar-refractivity contribution is 5.78. The summed E-state index contributed by atoms with van der Waals surface area (Å²) in [6.45, 7) is 2.21. The fourth-order valence-corrected chi connectivity index (χ4v) is 2.54. The van der Waals surface area contributed by atoms with E-state index in [9.17, 15) is 4.79 Å². The van der Waals surface area contributed by atoms with Crippen molar-refractivity contribution in [1.82, 2.24) is 0 Å². The van der Waals surface area contributed by atoms with Crippen LogP contribution in [-0.2, 0) is 4.79 Å². The lowest BCUT2D eigenvalue weighted by molar-refractivity contribution is -0.119. The highest BCUT2D eigenvalue weighted by Gasteiger charge is 2.15. The summed E-state index contributed by atoms with van der Waals surface area (Å²) in [6, 6.07) is 0. The van der Waals surface area contributed by atoms with Crippen molar-refractivity contribution in [2.24, 2.45) is 5.92 Å². The first-order valence-corrected chi connectivity index (χ1v) is 6.84. The predicted octanol–water partition coefficient (Wildman–Crippen LogP) is 4.50. The first-order chi connectivity index (χ1) is 7.33. The van der Waals surface area contributed by atoms with E-state index < -0.39 is 0 Å². The molecule has 0 aromatic carbocycles. The van der Waals surface area contributed by atoms with Crippen molar-refractivity contribution in [1.29, 1.82) is 0 Å². The van der Waals surface area contributed by atoms with Crippen LogP contribution >= 0.6 is 0 Å². The van der Waals surface area contributed by atoms with Gasteiger partial charge in [-0.1, -0.05) is 51.9 Å². The molecule has 0 radical (unpaired) electrons. The van der Waals surface area contributed by atoms with Crippen LogP contribution in [0.25, 0.3) is 0 Å². The van der Waals surface area contributed by atoms with Crippen molar-refractivity contribution >= 4 is 5.78 Å². The Labute approximate surface area is 94.6 Å². The molecule has 15 heavy (non-hydrogen) atoms. The van der Waals surface area contributed by atoms with E-state index in [-0.39, 0.29) is 0 Å². The summed E-state index contributed by atoms with van der Waals surface area (Å²) in [6.07, 6.45) is 13.3. The molecule has 0 amide bonds. The first-order valence-electron chi connectivity index (χ1n) is 6.84. The molecule has 0 aliphatic heterocycles. The average molecular weight is 210 g/mol. The number of ketones is 1. The van der Waals surface area contributed by atoms with Crippen LogP contribution in [0, 0.1) is 5.92 Å². The minimum absolute atomic E-state index is 0.512. The molecule has 1 nitrogen and oxygen atoms in total. The Morgan fingerprint density at radius 1 is 1.07 bits per heavy atom. The summed E-state index contributed by atoms with van der Waals surface area (Å²) in [4.78, 5) is 11.6. The molecule has 0 bridgehead atoms. The van der Waals surface area contributed by atoms with Gasteiger partial charge in [0.15, 0.2) is 0 Å². The maximum Gasteiger partial charge on any atom is 0.132 e. The standard InChI is InChI=1S/C14H26O/c1-2-3-4-5-10-14(15)12-11-13-8-6-7-9-13/h13H,2-12H2,1H3. The van der Waals surface area contributed by atoms with E-state index >= 15 is 0 Å². The van der Waals surface area contributed by atoms with E-state index in [4.69, 9.17) is 0 Å². The minimum Gasteiger partial charge on any atom is -0.300 e. The second-order valence-corrected chi connectivity index (χ2v) is 5.04. The highest BCUT2D eigenvalue weighted by atomic mass is 16.1. The van der Waals surface area contributed by atoms with Gasteiger partial charge in [-0.3, -0.25) is 4.79 Å². The summed E-state index contributed by atoms with van der Waals surface area (Å²) >= 11 is 0. The van der Waals surface area contributed by atoms with Gasteiger partial charge in [-0.2, -0.15) is 0 Å². The maximum absolute atomic E-state index is 11.6. The Bertz CT molecular complexity index is 168. The van der Waals surface area contributed by atoms with Crippen molar-refractivity contribution < 1.29 is 4.79 Å². The molecule has 1 aliphatic carbocycles. The number of carbonyl (C=O) groups is 1. The third-order valence-electron chi connectivity index (χ3n) is 3.62.